The first-order chi connectivity index (χ1) is 17.0. The van der Waals surface area contributed by atoms with Gasteiger partial charge in [0, 0.05) is 36.1 Å². The molecule has 1 aliphatic carbocycles. The zero-order valence-corrected chi connectivity index (χ0v) is 20.3. The molecule has 194 valence electrons. The van der Waals surface area contributed by atoms with Crippen LogP contribution in [0.2, 0.25) is 0 Å². The van der Waals surface area contributed by atoms with Crippen LogP contribution in [0.5, 0.6) is 0 Å². The van der Waals surface area contributed by atoms with Crippen LogP contribution in [-0.2, 0) is 26.0 Å². The number of sulfonamides is 1. The van der Waals surface area contributed by atoms with Gasteiger partial charge >= 0.3 is 0 Å². The van der Waals surface area contributed by atoms with Crippen LogP contribution in [0.1, 0.15) is 31.7 Å². The van der Waals surface area contributed by atoms with Gasteiger partial charge in [-0.1, -0.05) is 18.2 Å². The van der Waals surface area contributed by atoms with E-state index >= 15 is 4.39 Å². The number of nitrogens with one attached hydrogen (secondary N) is 1. The van der Waals surface area contributed by atoms with Gasteiger partial charge in [0.05, 0.1) is 12.6 Å². The molecule has 2 aromatic carbocycles. The van der Waals surface area contributed by atoms with Gasteiger partial charge in [-0.25, -0.2) is 30.7 Å². The molecule has 3 aliphatic rings. The van der Waals surface area contributed by atoms with E-state index in [0.717, 1.165) is 19.1 Å². The molecule has 2 aliphatic heterocycles. The molecule has 3 fully saturated rings. The molecule has 0 bridgehead atoms. The number of amides is 1. The third-order valence-corrected chi connectivity index (χ3v) is 8.92. The highest BCUT2D eigenvalue weighted by Gasteiger charge is 2.62. The largest absolute Gasteiger partial charge is 0.368 e. The molecule has 5 rings (SSSR count). The molecule has 1 N–H and O–H groups in total. The van der Waals surface area contributed by atoms with E-state index in [1.165, 1.54) is 23.1 Å². The molecule has 1 amide bonds. The van der Waals surface area contributed by atoms with E-state index in [1.54, 1.807) is 0 Å². The normalized spacial score (nSPS) is 25.6. The fourth-order valence-electron chi connectivity index (χ4n) is 5.23. The first kappa shape index (κ1) is 25.2. The van der Waals surface area contributed by atoms with E-state index in [9.17, 15) is 26.4 Å². The first-order valence-corrected chi connectivity index (χ1v) is 13.4. The average molecular weight is 527 g/mol. The van der Waals surface area contributed by atoms with Gasteiger partial charge in [0.25, 0.3) is 5.91 Å². The highest BCUT2D eigenvalue weighted by molar-refractivity contribution is 7.89. The number of hydrogen-bond acceptors (Lipinski definition) is 4. The summed E-state index contributed by atoms with van der Waals surface area (Å²) < 4.78 is 89.9. The second-order valence-electron chi connectivity index (χ2n) is 9.87. The highest BCUT2D eigenvalue weighted by Crippen LogP contribution is 2.56. The van der Waals surface area contributed by atoms with Gasteiger partial charge in [-0.05, 0) is 49.4 Å². The highest BCUT2D eigenvalue weighted by atomic mass is 32.2. The second-order valence-corrected chi connectivity index (χ2v) is 11.8. The van der Waals surface area contributed by atoms with Crippen molar-refractivity contribution in [1.29, 1.82) is 0 Å². The summed E-state index contributed by atoms with van der Waals surface area (Å²) in [7, 11) is -4.33. The summed E-state index contributed by atoms with van der Waals surface area (Å²) >= 11 is 0. The van der Waals surface area contributed by atoms with E-state index in [1.807, 2.05) is 0 Å². The predicted molar refractivity (Wildman–Crippen MR) is 123 cm³/mol. The molecule has 11 heteroatoms. The van der Waals surface area contributed by atoms with Crippen molar-refractivity contribution >= 4 is 15.9 Å². The van der Waals surface area contributed by atoms with Crippen LogP contribution < -0.4 is 4.72 Å². The number of likely N-dealkylation sites (tertiary alicyclic amines) is 1. The minimum atomic E-state index is -4.33. The van der Waals surface area contributed by atoms with Crippen molar-refractivity contribution in [3.05, 3.63) is 59.4 Å². The summed E-state index contributed by atoms with van der Waals surface area (Å²) in [4.78, 5) is 14.7. The number of rotatable bonds is 7. The van der Waals surface area contributed by atoms with Gasteiger partial charge in [-0.15, -0.1) is 0 Å². The standard InChI is InChI=1S/C25H26F4N2O4S/c1-14(26)36(33,34)30-23-20(31(13-25(23)6-7-25)24(32)21-5-8-35-21)11-15-3-2-4-19(22(15)29)16-9-17(27)12-18(28)10-16/h2-4,9-10,12,14,20-21,23,30H,5-8,11,13H2,1H3/t14-,20-,21?,23+/m0/s1. The number of ether oxygens (including phenoxy) is 1. The lowest BCUT2D eigenvalue weighted by Crippen LogP contribution is -2.53. The third-order valence-electron chi connectivity index (χ3n) is 7.48. The van der Waals surface area contributed by atoms with E-state index < -0.39 is 56.6 Å². The Balaban J connectivity index is 1.52. The van der Waals surface area contributed by atoms with Gasteiger partial charge in [-0.3, -0.25) is 4.79 Å². The van der Waals surface area contributed by atoms with E-state index in [0.29, 0.717) is 31.9 Å². The maximum Gasteiger partial charge on any atom is 0.252 e. The Morgan fingerprint density at radius 3 is 2.42 bits per heavy atom. The molecule has 0 radical (unpaired) electrons. The summed E-state index contributed by atoms with van der Waals surface area (Å²) in [5.74, 6) is -2.75. The fourth-order valence-corrected chi connectivity index (χ4v) is 6.18. The molecule has 1 saturated carbocycles. The molecule has 1 spiro atoms. The maximum absolute atomic E-state index is 15.7. The van der Waals surface area contributed by atoms with Gasteiger partial charge in [0.15, 0.2) is 0 Å². The number of hydrogen-bond donors (Lipinski definition) is 1. The molecule has 4 atom stereocenters. The molecule has 1 unspecified atom stereocenters. The molecule has 2 aromatic rings. The Morgan fingerprint density at radius 2 is 1.86 bits per heavy atom. The quantitative estimate of drug-likeness (QED) is 0.559. The molecular weight excluding hydrogens is 500 g/mol. The van der Waals surface area contributed by atoms with Crippen LogP contribution in [0.15, 0.2) is 36.4 Å². The van der Waals surface area contributed by atoms with Crippen molar-refractivity contribution in [1.82, 2.24) is 9.62 Å². The third kappa shape index (κ3) is 4.52. The predicted octanol–water partition coefficient (Wildman–Crippen LogP) is 3.70. The second kappa shape index (κ2) is 9.11. The van der Waals surface area contributed by atoms with Crippen molar-refractivity contribution in [2.45, 2.75) is 56.3 Å². The summed E-state index contributed by atoms with van der Waals surface area (Å²) in [6.45, 7) is 1.61. The Morgan fingerprint density at radius 1 is 1.19 bits per heavy atom. The minimum Gasteiger partial charge on any atom is -0.368 e. The zero-order chi connectivity index (χ0) is 25.8. The number of carbonyl (C=O) groups excluding carboxylic acids is 1. The first-order valence-electron chi connectivity index (χ1n) is 11.8. The van der Waals surface area contributed by atoms with Crippen LogP contribution >= 0.6 is 0 Å². The molecular formula is C25H26F4N2O4S. The summed E-state index contributed by atoms with van der Waals surface area (Å²) in [5, 5.41) is 0. The lowest BCUT2D eigenvalue weighted by atomic mass is 9.91. The van der Waals surface area contributed by atoms with Crippen LogP contribution in [0.4, 0.5) is 17.6 Å². The van der Waals surface area contributed by atoms with Crippen LogP contribution in [0.25, 0.3) is 11.1 Å². The van der Waals surface area contributed by atoms with Crippen molar-refractivity contribution in [3.8, 4) is 11.1 Å². The summed E-state index contributed by atoms with van der Waals surface area (Å²) in [6, 6.07) is 5.51. The zero-order valence-electron chi connectivity index (χ0n) is 19.5. The van der Waals surface area contributed by atoms with Crippen molar-refractivity contribution in [2.75, 3.05) is 13.2 Å². The summed E-state index contributed by atoms with van der Waals surface area (Å²) in [5.41, 5.74) is -2.61. The van der Waals surface area contributed by atoms with Crippen molar-refractivity contribution in [2.24, 2.45) is 5.41 Å². The number of carbonyl (C=O) groups is 1. The number of halogens is 4. The smallest absolute Gasteiger partial charge is 0.252 e. The average Bonchev–Trinajstić information content (AvgIpc) is 3.48. The summed E-state index contributed by atoms with van der Waals surface area (Å²) in [6.07, 6.45) is 1.08. The number of nitrogens with zero attached hydrogens (tertiary/aromatic N) is 1. The van der Waals surface area contributed by atoms with Crippen LogP contribution in [-0.4, -0.2) is 56.1 Å². The Hall–Kier alpha value is -2.50. The van der Waals surface area contributed by atoms with E-state index in [2.05, 4.69) is 4.72 Å². The van der Waals surface area contributed by atoms with E-state index in [-0.39, 0.29) is 35.6 Å². The number of alkyl halides is 1. The molecule has 2 heterocycles. The minimum absolute atomic E-state index is 0.0104. The number of benzene rings is 2. The Labute approximate surface area is 206 Å². The maximum atomic E-state index is 15.7. The lowest BCUT2D eigenvalue weighted by molar-refractivity contribution is -0.157. The fraction of sp³-hybridized carbons (Fsp3) is 0.480. The van der Waals surface area contributed by atoms with Gasteiger partial charge in [0.2, 0.25) is 15.5 Å². The lowest BCUT2D eigenvalue weighted by Gasteiger charge is -2.34. The Bertz CT molecular complexity index is 1270. The van der Waals surface area contributed by atoms with Gasteiger partial charge < -0.3 is 9.64 Å². The molecule has 0 aromatic heterocycles. The molecule has 6 nitrogen and oxygen atoms in total. The van der Waals surface area contributed by atoms with E-state index in [4.69, 9.17) is 4.74 Å². The molecule has 2 saturated heterocycles. The van der Waals surface area contributed by atoms with Crippen molar-refractivity contribution < 1.29 is 35.5 Å². The van der Waals surface area contributed by atoms with Gasteiger partial charge in [-0.2, -0.15) is 0 Å². The van der Waals surface area contributed by atoms with Gasteiger partial charge in [0.1, 0.15) is 23.6 Å². The molecule has 36 heavy (non-hydrogen) atoms. The van der Waals surface area contributed by atoms with Crippen LogP contribution in [0, 0.1) is 22.9 Å². The van der Waals surface area contributed by atoms with Crippen molar-refractivity contribution in [3.63, 3.8) is 0 Å². The van der Waals surface area contributed by atoms with Crippen LogP contribution in [0.3, 0.4) is 0 Å². The monoisotopic (exact) mass is 526 g/mol. The SMILES string of the molecule is C[C@@H](F)S(=O)(=O)N[C@@H]1[C@H](Cc2cccc(-c3cc(F)cc(F)c3)c2F)N(C(=O)C2CCO2)CC12CC2. The topological polar surface area (TPSA) is 75.7 Å². The Kier molecular flexibility index (Phi) is 6.37.